The molecule has 9 aromatic rings. The Balaban J connectivity index is 0.979. The third-order valence-electron chi connectivity index (χ3n) is 15.1. The van der Waals surface area contributed by atoms with Gasteiger partial charge >= 0.3 is 516 Å². The summed E-state index contributed by atoms with van der Waals surface area (Å²) >= 11 is -3.51. The van der Waals surface area contributed by atoms with Crippen LogP contribution in [-0.2, 0) is 46.1 Å². The maximum atomic E-state index is 9.17. The summed E-state index contributed by atoms with van der Waals surface area (Å²) < 4.78 is 111. The third-order valence-corrected chi connectivity index (χ3v) is 21.2. The number of fused-ring (bicyclic) bond motifs is 24. The number of hydrogen-bond donors (Lipinski definition) is 0. The zero-order chi connectivity index (χ0) is 66.1. The summed E-state index contributed by atoms with van der Waals surface area (Å²) in [6, 6.07) is 63.5. The molecule has 15 rings (SSSR count). The van der Waals surface area contributed by atoms with Crippen molar-refractivity contribution in [1.29, 1.82) is 0 Å². The fourth-order valence-electron chi connectivity index (χ4n) is 10.9. The Morgan fingerprint density at radius 3 is 0.866 bits per heavy atom. The van der Waals surface area contributed by atoms with Gasteiger partial charge in [-0.3, -0.25) is 0 Å². The predicted octanol–water partition coefficient (Wildman–Crippen LogP) is 14.1. The minimum absolute atomic E-state index is 0.333. The average Bonchev–Trinajstić information content (AvgIpc) is 1.55. The van der Waals surface area contributed by atoms with Gasteiger partial charge in [-0.1, -0.05) is 0 Å². The van der Waals surface area contributed by atoms with E-state index >= 15 is 0 Å². The van der Waals surface area contributed by atoms with E-state index in [4.69, 9.17) is 18.2 Å². The number of hydrogen-bond acceptors (Lipinski definition) is 12. The molecule has 0 fully saturated rings. The van der Waals surface area contributed by atoms with E-state index < -0.39 is 74.0 Å². The molecular weight excluding hydrogens is 1370 g/mol. The van der Waals surface area contributed by atoms with E-state index in [1.165, 1.54) is 19.6 Å². The Morgan fingerprint density at radius 2 is 0.585 bits per heavy atom. The van der Waals surface area contributed by atoms with Crippen LogP contribution in [0, 0.1) is 24.3 Å². The van der Waals surface area contributed by atoms with Gasteiger partial charge in [0.05, 0.1) is 0 Å². The topological polar surface area (TPSA) is 58.2 Å². The first-order chi connectivity index (χ1) is 44.4. The second-order valence-electron chi connectivity index (χ2n) is 22.3. The molecule has 0 saturated carbocycles. The summed E-state index contributed by atoms with van der Waals surface area (Å²) in [5.41, 5.74) is 8.89. The SMILES string of the molecule is [2H]C([2H])([2H])N1[C]2=[Pt]=[C]3N(c4[c-]c(cc(C(C)(C)C)c4)N(c4cnc(N5c6[c-]c(ccc6)N6[C](=[Pt]=[C]7N(c8[c-]c5cc(C(C)(C)C)c8)c5ccccc5N7C([2H])([2H])[2H])N(C([2H])([2H])[2H])c5ccccc56)cn4)c4[c-]c(ccc4)N2c2ccccc21)c1ccccc1N3C([2H])([2H])[2H]. The molecule has 0 unspecified atom stereocenters. The van der Waals surface area contributed by atoms with Gasteiger partial charge in [0, 0.05) is 0 Å². The summed E-state index contributed by atoms with van der Waals surface area (Å²) in [6.45, 7) is 1.79. The summed E-state index contributed by atoms with van der Waals surface area (Å²) in [5.74, 6) is 0.666. The molecule has 8 bridgehead atoms. The second kappa shape index (κ2) is 18.6. The Kier molecular flexibility index (Phi) is 8.89. The van der Waals surface area contributed by atoms with Gasteiger partial charge in [0.25, 0.3) is 0 Å². The van der Waals surface area contributed by atoms with Crippen LogP contribution in [0.2, 0.25) is 0 Å². The summed E-state index contributed by atoms with van der Waals surface area (Å²) in [4.78, 5) is 27.6. The molecule has 0 aliphatic carbocycles. The fourth-order valence-corrected chi connectivity index (χ4v) is 17.2. The van der Waals surface area contributed by atoms with E-state index in [2.05, 4.69) is 65.8 Å². The molecule has 12 nitrogen and oxygen atoms in total. The Hall–Kier alpha value is -8.30. The monoisotopic (exact) mass is 1440 g/mol. The summed E-state index contributed by atoms with van der Waals surface area (Å²) in [7, 11) is 0. The number of nitrogens with zero attached hydrogens (tertiary/aromatic N) is 12. The number of para-hydroxylation sites is 8. The molecule has 0 saturated heterocycles. The van der Waals surface area contributed by atoms with Crippen molar-refractivity contribution in [1.82, 2.24) is 9.97 Å². The normalized spacial score (nSPS) is 19.0. The molecule has 7 heterocycles. The van der Waals surface area contributed by atoms with Crippen LogP contribution in [0.5, 0.6) is 0 Å². The van der Waals surface area contributed by atoms with Crippen molar-refractivity contribution < 1.29 is 51.7 Å². The number of anilines is 18. The predicted molar refractivity (Wildman–Crippen MR) is 332 cm³/mol. The summed E-state index contributed by atoms with van der Waals surface area (Å²) in [6.07, 6.45) is 3.32. The van der Waals surface area contributed by atoms with Crippen LogP contribution < -0.4 is 49.0 Å². The van der Waals surface area contributed by atoms with Crippen molar-refractivity contribution in [3.05, 3.63) is 206 Å². The third kappa shape index (κ3) is 7.85. The number of rotatable bonds is 2. The van der Waals surface area contributed by atoms with Crippen LogP contribution >= 0.6 is 0 Å². The van der Waals surface area contributed by atoms with Crippen molar-refractivity contribution >= 4 is 119 Å². The van der Waals surface area contributed by atoms with Crippen LogP contribution in [0.15, 0.2) is 170 Å². The molecule has 0 N–H and O–H groups in total. The molecule has 0 atom stereocenters. The molecule has 82 heavy (non-hydrogen) atoms. The minimum atomic E-state index is -2.71. The molecule has 14 heteroatoms. The zero-order valence-electron chi connectivity index (χ0n) is 57.2. The molecule has 0 radical (unpaired) electrons. The quantitative estimate of drug-likeness (QED) is 0.155. The van der Waals surface area contributed by atoms with Gasteiger partial charge in [-0.15, -0.1) is 0 Å². The van der Waals surface area contributed by atoms with Gasteiger partial charge in [0.15, 0.2) is 0 Å². The first-order valence-corrected chi connectivity index (χ1v) is 31.0. The average molecular weight is 1450 g/mol. The van der Waals surface area contributed by atoms with Crippen molar-refractivity contribution in [2.24, 2.45) is 0 Å². The molecule has 0 amide bonds. The van der Waals surface area contributed by atoms with E-state index in [9.17, 15) is 8.22 Å². The molecule has 414 valence electrons. The van der Waals surface area contributed by atoms with Crippen LogP contribution in [0.3, 0.4) is 0 Å². The Morgan fingerprint density at radius 1 is 0.329 bits per heavy atom. The van der Waals surface area contributed by atoms with Gasteiger partial charge in [0.2, 0.25) is 0 Å². The van der Waals surface area contributed by atoms with Gasteiger partial charge in [-0.2, -0.15) is 0 Å². The summed E-state index contributed by atoms with van der Waals surface area (Å²) in [5, 5.41) is 0. The molecule has 6 aliphatic heterocycles. The van der Waals surface area contributed by atoms with Gasteiger partial charge in [0.1, 0.15) is 0 Å². The first-order valence-electron chi connectivity index (χ1n) is 32.5. The van der Waals surface area contributed by atoms with E-state index in [1.54, 1.807) is 60.9 Å². The molecule has 8 aromatic carbocycles. The second-order valence-corrected chi connectivity index (χ2v) is 27.5. The molecule has 1 aromatic heterocycles. The van der Waals surface area contributed by atoms with E-state index in [0.717, 1.165) is 11.1 Å². The standard InChI is InChI=1S/C68H58N12.2Pt/c1-67(2,3)47-33-53(77-45-73(9)59-27-13-17-31-63(59)77)39-55(35-47)79(51-23-19-21-49(37-51)75-43-71(7)57-25-11-15-29-61(57)75)65-41-70-66(42-69-65)80(52-24-20-22-50(38-52)76-44-72(8)58-26-12-16-30-62(58)76)56-36-48(68(4,5)6)34-54(40-56)78-46-74(10)60-28-14-18-32-64(60)78;;/h11-36,41-42H,1-10H3;;/q-4;;/i7D3,8D3,9D3,10D3;;. The van der Waals surface area contributed by atoms with Crippen molar-refractivity contribution in [3.8, 4) is 0 Å². The van der Waals surface area contributed by atoms with Crippen molar-refractivity contribution in [3.63, 3.8) is 0 Å². The Bertz CT molecular complexity index is 4490. The van der Waals surface area contributed by atoms with E-state index in [0.29, 0.717) is 119 Å². The first kappa shape index (κ1) is 39.2. The van der Waals surface area contributed by atoms with Gasteiger partial charge in [-0.05, 0) is 0 Å². The number of aromatic nitrogens is 2. The van der Waals surface area contributed by atoms with Crippen LogP contribution in [-0.4, -0.2) is 54.5 Å². The van der Waals surface area contributed by atoms with Gasteiger partial charge < -0.3 is 0 Å². The fraction of sp³-hybridized carbons (Fsp3) is 0.176. The zero-order valence-corrected chi connectivity index (χ0v) is 49.7. The van der Waals surface area contributed by atoms with E-state index in [-0.39, 0.29) is 0 Å². The van der Waals surface area contributed by atoms with Crippen molar-refractivity contribution in [2.75, 3.05) is 76.9 Å². The van der Waals surface area contributed by atoms with Gasteiger partial charge in [-0.25, -0.2) is 0 Å². The van der Waals surface area contributed by atoms with Crippen molar-refractivity contribution in [2.45, 2.75) is 52.4 Å². The number of benzene rings is 8. The van der Waals surface area contributed by atoms with Crippen LogP contribution in [0.25, 0.3) is 0 Å². The molecular formula is C68H58N12Pt2-4. The molecule has 6 aliphatic rings. The van der Waals surface area contributed by atoms with Crippen LogP contribution in [0.1, 0.15) is 69.1 Å². The Labute approximate surface area is 512 Å². The maximum absolute atomic E-state index is 9.17. The molecule has 0 spiro atoms. The van der Waals surface area contributed by atoms with E-state index in [1.807, 2.05) is 139 Å². The van der Waals surface area contributed by atoms with Crippen LogP contribution in [0.4, 0.5) is 103 Å².